The maximum absolute atomic E-state index is 5.85. The van der Waals surface area contributed by atoms with Gasteiger partial charge in [0.05, 0.1) is 6.61 Å². The molecule has 0 saturated carbocycles. The molecule has 17 heavy (non-hydrogen) atoms. The van der Waals surface area contributed by atoms with Gasteiger partial charge in [-0.05, 0) is 47.9 Å². The Morgan fingerprint density at radius 3 is 3.24 bits per heavy atom. The summed E-state index contributed by atoms with van der Waals surface area (Å²) < 4.78 is 5.85. The third-order valence-electron chi connectivity index (χ3n) is 4.69. The molecule has 0 radical (unpaired) electrons. The molecule has 90 valence electrons. The summed E-state index contributed by atoms with van der Waals surface area (Å²) in [6, 6.07) is 2.49. The van der Waals surface area contributed by atoms with E-state index in [1.165, 1.54) is 25.7 Å². The number of rotatable bonds is 1. The Labute approximate surface area is 103 Å². The summed E-state index contributed by atoms with van der Waals surface area (Å²) in [5, 5.41) is 0. The normalized spacial score (nSPS) is 25.0. The zero-order valence-electron chi connectivity index (χ0n) is 10.5. The number of ether oxygens (including phenoxy) is 1. The summed E-state index contributed by atoms with van der Waals surface area (Å²) in [7, 11) is 0. The van der Waals surface area contributed by atoms with Crippen molar-refractivity contribution in [3.8, 4) is 0 Å². The predicted octanol–water partition coefficient (Wildman–Crippen LogP) is 2.63. The molecule has 2 nitrogen and oxygen atoms in total. The largest absolute Gasteiger partial charge is 0.360 e. The van der Waals surface area contributed by atoms with Gasteiger partial charge >= 0.3 is 0 Å². The number of aryl methyl sites for hydroxylation is 2. The summed E-state index contributed by atoms with van der Waals surface area (Å²) in [4.78, 5) is 2.47. The fourth-order valence-electron chi connectivity index (χ4n) is 3.89. The van der Waals surface area contributed by atoms with E-state index in [1.807, 2.05) is 0 Å². The molecule has 2 aliphatic heterocycles. The Hall–Kier alpha value is -1.02. The van der Waals surface area contributed by atoms with Crippen LogP contribution in [-0.4, -0.2) is 19.9 Å². The van der Waals surface area contributed by atoms with E-state index in [4.69, 9.17) is 4.74 Å². The van der Waals surface area contributed by atoms with Crippen LogP contribution in [0.5, 0.6) is 0 Å². The lowest BCUT2D eigenvalue weighted by molar-refractivity contribution is 0.127. The van der Waals surface area contributed by atoms with E-state index >= 15 is 0 Å². The van der Waals surface area contributed by atoms with Crippen LogP contribution in [0.2, 0.25) is 0 Å². The Bertz CT molecular complexity index is 480. The number of hydrogen-bond donors (Lipinski definition) is 0. The Morgan fingerprint density at radius 1 is 1.41 bits per heavy atom. The van der Waals surface area contributed by atoms with Crippen molar-refractivity contribution >= 4 is 5.69 Å². The highest BCUT2D eigenvalue weighted by atomic mass is 16.5. The molecule has 0 amide bonds. The number of nitrogens with zero attached hydrogens (tertiary/aromatic N) is 1. The first-order chi connectivity index (χ1) is 8.38. The fourth-order valence-corrected chi connectivity index (χ4v) is 3.89. The SMILES string of the molecule is CCc1cc2c3c4c1CCN4COCC3CC2. The smallest absolute Gasteiger partial charge is 0.118 e. The molecule has 0 spiro atoms. The lowest BCUT2D eigenvalue weighted by Crippen LogP contribution is -2.22. The van der Waals surface area contributed by atoms with Crippen molar-refractivity contribution < 1.29 is 4.74 Å². The molecule has 2 heteroatoms. The molecule has 1 unspecified atom stereocenters. The van der Waals surface area contributed by atoms with Gasteiger partial charge in [-0.2, -0.15) is 0 Å². The maximum Gasteiger partial charge on any atom is 0.118 e. The van der Waals surface area contributed by atoms with Crippen molar-refractivity contribution in [2.45, 2.75) is 38.5 Å². The molecule has 4 rings (SSSR count). The molecule has 1 aromatic carbocycles. The van der Waals surface area contributed by atoms with Crippen LogP contribution in [0.25, 0.3) is 0 Å². The highest BCUT2D eigenvalue weighted by Crippen LogP contribution is 2.47. The molecule has 3 aliphatic rings. The molecular weight excluding hydrogens is 210 g/mol. The van der Waals surface area contributed by atoms with Gasteiger partial charge in [-0.1, -0.05) is 13.0 Å². The molecule has 0 N–H and O–H groups in total. The first kappa shape index (κ1) is 9.95. The molecule has 0 saturated heterocycles. The second-order valence-electron chi connectivity index (χ2n) is 5.54. The second-order valence-corrected chi connectivity index (χ2v) is 5.54. The van der Waals surface area contributed by atoms with Gasteiger partial charge in [0.2, 0.25) is 0 Å². The lowest BCUT2D eigenvalue weighted by Gasteiger charge is -2.20. The highest BCUT2D eigenvalue weighted by molar-refractivity contribution is 5.70. The first-order valence-corrected chi connectivity index (χ1v) is 6.88. The van der Waals surface area contributed by atoms with Crippen molar-refractivity contribution in [2.24, 2.45) is 0 Å². The summed E-state index contributed by atoms with van der Waals surface area (Å²) in [6.45, 7) is 5.18. The van der Waals surface area contributed by atoms with E-state index < -0.39 is 0 Å². The third kappa shape index (κ3) is 1.25. The molecule has 1 atom stereocenters. The van der Waals surface area contributed by atoms with Crippen molar-refractivity contribution in [2.75, 3.05) is 24.8 Å². The van der Waals surface area contributed by atoms with Gasteiger partial charge in [0.1, 0.15) is 6.73 Å². The van der Waals surface area contributed by atoms with E-state index in [-0.39, 0.29) is 0 Å². The van der Waals surface area contributed by atoms with Gasteiger partial charge in [-0.15, -0.1) is 0 Å². The molecule has 1 aliphatic carbocycles. The van der Waals surface area contributed by atoms with Crippen LogP contribution in [-0.2, 0) is 24.0 Å². The molecule has 0 aromatic heterocycles. The minimum Gasteiger partial charge on any atom is -0.360 e. The van der Waals surface area contributed by atoms with Gasteiger partial charge in [-0.25, -0.2) is 0 Å². The first-order valence-electron chi connectivity index (χ1n) is 6.88. The Kier molecular flexibility index (Phi) is 2.04. The van der Waals surface area contributed by atoms with Gasteiger partial charge in [0, 0.05) is 18.2 Å². The van der Waals surface area contributed by atoms with Crippen LogP contribution in [0, 0.1) is 0 Å². The molecule has 2 heterocycles. The topological polar surface area (TPSA) is 12.5 Å². The average Bonchev–Trinajstić information content (AvgIpc) is 2.88. The average molecular weight is 229 g/mol. The number of anilines is 1. The third-order valence-corrected chi connectivity index (χ3v) is 4.69. The molecular formula is C15H19NO. The van der Waals surface area contributed by atoms with Crippen molar-refractivity contribution in [3.05, 3.63) is 28.3 Å². The zero-order chi connectivity index (χ0) is 11.4. The van der Waals surface area contributed by atoms with Crippen molar-refractivity contribution in [1.29, 1.82) is 0 Å². The van der Waals surface area contributed by atoms with Gasteiger partial charge in [0.15, 0.2) is 0 Å². The van der Waals surface area contributed by atoms with Crippen LogP contribution >= 0.6 is 0 Å². The minimum absolute atomic E-state index is 0.674. The maximum atomic E-state index is 5.85. The van der Waals surface area contributed by atoms with E-state index in [9.17, 15) is 0 Å². The van der Waals surface area contributed by atoms with Crippen LogP contribution in [0.3, 0.4) is 0 Å². The quantitative estimate of drug-likeness (QED) is 0.734. The second kappa shape index (κ2) is 3.49. The fraction of sp³-hybridized carbons (Fsp3) is 0.600. The standard InChI is InChI=1S/C15H19NO/c1-2-10-7-11-3-4-12-8-17-9-16-6-5-13(10)15(16)14(11)12/h7,12H,2-6,8-9H2,1H3. The summed E-state index contributed by atoms with van der Waals surface area (Å²) in [5.74, 6) is 0.674. The van der Waals surface area contributed by atoms with Crippen LogP contribution in [0.15, 0.2) is 6.07 Å². The van der Waals surface area contributed by atoms with Gasteiger partial charge in [0.25, 0.3) is 0 Å². The zero-order valence-corrected chi connectivity index (χ0v) is 10.5. The van der Waals surface area contributed by atoms with E-state index in [0.29, 0.717) is 5.92 Å². The highest BCUT2D eigenvalue weighted by Gasteiger charge is 2.35. The van der Waals surface area contributed by atoms with E-state index in [0.717, 1.165) is 19.9 Å². The summed E-state index contributed by atoms with van der Waals surface area (Å²) >= 11 is 0. The van der Waals surface area contributed by atoms with Crippen molar-refractivity contribution in [1.82, 2.24) is 0 Å². The van der Waals surface area contributed by atoms with E-state index in [1.54, 1.807) is 27.9 Å². The Balaban J connectivity index is 2.00. The van der Waals surface area contributed by atoms with Gasteiger partial charge < -0.3 is 9.64 Å². The monoisotopic (exact) mass is 229 g/mol. The predicted molar refractivity (Wildman–Crippen MR) is 68.8 cm³/mol. The van der Waals surface area contributed by atoms with Crippen LogP contribution in [0.4, 0.5) is 5.69 Å². The molecule has 0 fully saturated rings. The number of hydrogen-bond acceptors (Lipinski definition) is 2. The Morgan fingerprint density at radius 2 is 2.35 bits per heavy atom. The van der Waals surface area contributed by atoms with E-state index in [2.05, 4.69) is 17.9 Å². The van der Waals surface area contributed by atoms with Crippen LogP contribution < -0.4 is 4.90 Å². The number of benzene rings is 1. The lowest BCUT2D eigenvalue weighted by atomic mass is 9.92. The summed E-state index contributed by atoms with van der Waals surface area (Å²) in [5.41, 5.74) is 8.04. The summed E-state index contributed by atoms with van der Waals surface area (Å²) in [6.07, 6.45) is 4.96. The van der Waals surface area contributed by atoms with Crippen molar-refractivity contribution in [3.63, 3.8) is 0 Å². The molecule has 1 aromatic rings. The molecule has 0 bridgehead atoms. The van der Waals surface area contributed by atoms with Gasteiger partial charge in [-0.3, -0.25) is 0 Å². The minimum atomic E-state index is 0.674. The van der Waals surface area contributed by atoms with Crippen LogP contribution in [0.1, 0.15) is 41.5 Å².